The molecule has 0 saturated carbocycles. The van der Waals surface area contributed by atoms with Crippen molar-refractivity contribution in [2.75, 3.05) is 19.6 Å². The first-order valence-electron chi connectivity index (χ1n) is 5.54. The van der Waals surface area contributed by atoms with Crippen molar-refractivity contribution in [2.24, 2.45) is 5.73 Å². The third kappa shape index (κ3) is 6.22. The van der Waals surface area contributed by atoms with Gasteiger partial charge >= 0.3 is 0 Å². The van der Waals surface area contributed by atoms with E-state index >= 15 is 0 Å². The molecule has 0 aliphatic heterocycles. The average Bonchev–Trinajstić information content (AvgIpc) is 2.37. The second kappa shape index (κ2) is 9.44. The van der Waals surface area contributed by atoms with Crippen LogP contribution in [-0.2, 0) is 4.79 Å². The number of nitrogens with one attached hydrogen (secondary N) is 2. The first-order chi connectivity index (χ1) is 8.24. The number of hydrogen-bond acceptors (Lipinski definition) is 3. The van der Waals surface area contributed by atoms with Crippen molar-refractivity contribution >= 4 is 24.2 Å². The highest BCUT2D eigenvalue weighted by molar-refractivity contribution is 5.96. The molecule has 0 atom stereocenters. The number of halogens is 1. The molecule has 0 unspecified atom stereocenters. The molecule has 0 saturated heterocycles. The lowest BCUT2D eigenvalue weighted by atomic mass is 10.2. The van der Waals surface area contributed by atoms with E-state index in [1.54, 1.807) is 24.3 Å². The quantitative estimate of drug-likeness (QED) is 0.651. The summed E-state index contributed by atoms with van der Waals surface area (Å²) in [5.41, 5.74) is 5.84. The van der Waals surface area contributed by atoms with E-state index in [1.807, 2.05) is 6.07 Å². The highest BCUT2D eigenvalue weighted by Crippen LogP contribution is 1.96. The predicted molar refractivity (Wildman–Crippen MR) is 72.7 cm³/mol. The van der Waals surface area contributed by atoms with E-state index in [0.717, 1.165) is 6.42 Å². The lowest BCUT2D eigenvalue weighted by molar-refractivity contribution is -0.120. The lowest BCUT2D eigenvalue weighted by Gasteiger charge is -2.06. The fourth-order valence-corrected chi connectivity index (χ4v) is 1.24. The molecule has 0 aliphatic carbocycles. The van der Waals surface area contributed by atoms with Crippen molar-refractivity contribution in [1.29, 1.82) is 0 Å². The van der Waals surface area contributed by atoms with Gasteiger partial charge in [-0.1, -0.05) is 18.2 Å². The summed E-state index contributed by atoms with van der Waals surface area (Å²) in [6.07, 6.45) is 0.734. The fraction of sp³-hybridized carbons (Fsp3) is 0.333. The first kappa shape index (κ1) is 16.4. The standard InChI is InChI=1S/C12H17N3O2.ClH/c13-7-4-8-14-11(16)9-15-12(17)10-5-2-1-3-6-10;/h1-3,5-6H,4,7-9,13H2,(H,14,16)(H,15,17);1H. The largest absolute Gasteiger partial charge is 0.355 e. The Balaban J connectivity index is 0.00000289. The van der Waals surface area contributed by atoms with Crippen LogP contribution >= 0.6 is 12.4 Å². The van der Waals surface area contributed by atoms with E-state index in [1.165, 1.54) is 0 Å². The second-order valence-electron chi connectivity index (χ2n) is 3.54. The third-order valence-corrected chi connectivity index (χ3v) is 2.15. The normalized spacial score (nSPS) is 9.17. The molecule has 1 aromatic rings. The van der Waals surface area contributed by atoms with Crippen LogP contribution < -0.4 is 16.4 Å². The molecule has 0 heterocycles. The number of carbonyl (C=O) groups is 2. The van der Waals surface area contributed by atoms with Crippen LogP contribution in [0.5, 0.6) is 0 Å². The number of hydrogen-bond donors (Lipinski definition) is 3. The Labute approximate surface area is 113 Å². The molecule has 1 aromatic carbocycles. The molecule has 6 heteroatoms. The van der Waals surface area contributed by atoms with Gasteiger partial charge in [-0.25, -0.2) is 0 Å². The lowest BCUT2D eigenvalue weighted by Crippen LogP contribution is -2.37. The van der Waals surface area contributed by atoms with Gasteiger partial charge in [0.2, 0.25) is 5.91 Å². The molecule has 1 rings (SSSR count). The summed E-state index contributed by atoms with van der Waals surface area (Å²) >= 11 is 0. The maximum absolute atomic E-state index is 11.6. The smallest absolute Gasteiger partial charge is 0.251 e. The van der Waals surface area contributed by atoms with Gasteiger partial charge in [-0.3, -0.25) is 9.59 Å². The van der Waals surface area contributed by atoms with Crippen molar-refractivity contribution in [3.8, 4) is 0 Å². The molecule has 18 heavy (non-hydrogen) atoms. The predicted octanol–water partition coefficient (Wildman–Crippen LogP) is 0.303. The van der Waals surface area contributed by atoms with Crippen LogP contribution in [0.3, 0.4) is 0 Å². The monoisotopic (exact) mass is 271 g/mol. The minimum absolute atomic E-state index is 0. The van der Waals surface area contributed by atoms with Gasteiger partial charge in [-0.2, -0.15) is 0 Å². The minimum atomic E-state index is -0.250. The SMILES string of the molecule is Cl.NCCCNC(=O)CNC(=O)c1ccccc1. The number of nitrogens with two attached hydrogens (primary N) is 1. The zero-order valence-corrected chi connectivity index (χ0v) is 10.8. The fourth-order valence-electron chi connectivity index (χ4n) is 1.24. The van der Waals surface area contributed by atoms with Crippen molar-refractivity contribution in [3.63, 3.8) is 0 Å². The molecule has 4 N–H and O–H groups in total. The summed E-state index contributed by atoms with van der Waals surface area (Å²) in [5.74, 6) is -0.456. The average molecular weight is 272 g/mol. The Hall–Kier alpha value is -1.59. The Kier molecular flexibility index (Phi) is 8.61. The van der Waals surface area contributed by atoms with Gasteiger partial charge in [0.15, 0.2) is 0 Å². The zero-order chi connectivity index (χ0) is 12.5. The third-order valence-electron chi connectivity index (χ3n) is 2.15. The topological polar surface area (TPSA) is 84.2 Å². The zero-order valence-electron chi connectivity index (χ0n) is 10.0. The molecular formula is C12H18ClN3O2. The van der Waals surface area contributed by atoms with Gasteiger partial charge in [0, 0.05) is 12.1 Å². The Morgan fingerprint density at radius 3 is 2.39 bits per heavy atom. The summed E-state index contributed by atoms with van der Waals surface area (Å²) in [4.78, 5) is 22.9. The number of rotatable bonds is 6. The highest BCUT2D eigenvalue weighted by atomic mass is 35.5. The molecule has 0 spiro atoms. The number of amides is 2. The van der Waals surface area contributed by atoms with Gasteiger partial charge in [-0.15, -0.1) is 12.4 Å². The second-order valence-corrected chi connectivity index (χ2v) is 3.54. The molecule has 0 aromatic heterocycles. The van der Waals surface area contributed by atoms with Crippen LogP contribution in [0.4, 0.5) is 0 Å². The van der Waals surface area contributed by atoms with Crippen LogP contribution in [0.2, 0.25) is 0 Å². The molecule has 0 bridgehead atoms. The summed E-state index contributed by atoms with van der Waals surface area (Å²) in [6, 6.07) is 8.77. The number of carbonyl (C=O) groups excluding carboxylic acids is 2. The van der Waals surface area contributed by atoms with Gasteiger partial charge in [0.25, 0.3) is 5.91 Å². The first-order valence-corrected chi connectivity index (χ1v) is 5.54. The van der Waals surface area contributed by atoms with Crippen LogP contribution in [0.1, 0.15) is 16.8 Å². The molecule has 2 amide bonds. The van der Waals surface area contributed by atoms with Crippen LogP contribution in [0.25, 0.3) is 0 Å². The molecule has 0 fully saturated rings. The number of benzene rings is 1. The highest BCUT2D eigenvalue weighted by Gasteiger charge is 2.06. The van der Waals surface area contributed by atoms with E-state index in [2.05, 4.69) is 10.6 Å². The molecule has 0 aliphatic rings. The molecule has 5 nitrogen and oxygen atoms in total. The van der Waals surface area contributed by atoms with E-state index in [0.29, 0.717) is 18.7 Å². The van der Waals surface area contributed by atoms with Crippen LogP contribution in [0, 0.1) is 0 Å². The molecule has 0 radical (unpaired) electrons. The summed E-state index contributed by atoms with van der Waals surface area (Å²) in [5, 5.41) is 5.20. The maximum Gasteiger partial charge on any atom is 0.251 e. The van der Waals surface area contributed by atoms with Crippen LogP contribution in [0.15, 0.2) is 30.3 Å². The van der Waals surface area contributed by atoms with Crippen molar-refractivity contribution in [2.45, 2.75) is 6.42 Å². The van der Waals surface area contributed by atoms with Gasteiger partial charge in [0.05, 0.1) is 6.54 Å². The van der Waals surface area contributed by atoms with E-state index in [9.17, 15) is 9.59 Å². The van der Waals surface area contributed by atoms with Gasteiger partial charge in [0.1, 0.15) is 0 Å². The van der Waals surface area contributed by atoms with E-state index in [-0.39, 0.29) is 30.8 Å². The Bertz CT molecular complexity index is 371. The Morgan fingerprint density at radius 1 is 1.11 bits per heavy atom. The van der Waals surface area contributed by atoms with Gasteiger partial charge < -0.3 is 16.4 Å². The van der Waals surface area contributed by atoms with E-state index < -0.39 is 0 Å². The van der Waals surface area contributed by atoms with Crippen LogP contribution in [-0.4, -0.2) is 31.4 Å². The Morgan fingerprint density at radius 2 is 1.78 bits per heavy atom. The maximum atomic E-state index is 11.6. The summed E-state index contributed by atoms with van der Waals surface area (Å²) in [7, 11) is 0. The van der Waals surface area contributed by atoms with Crippen molar-refractivity contribution in [3.05, 3.63) is 35.9 Å². The minimum Gasteiger partial charge on any atom is -0.355 e. The van der Waals surface area contributed by atoms with Crippen molar-refractivity contribution < 1.29 is 9.59 Å². The van der Waals surface area contributed by atoms with Crippen molar-refractivity contribution in [1.82, 2.24) is 10.6 Å². The molecule has 100 valence electrons. The van der Waals surface area contributed by atoms with E-state index in [4.69, 9.17) is 5.73 Å². The van der Waals surface area contributed by atoms with Gasteiger partial charge in [-0.05, 0) is 25.1 Å². The molecular weight excluding hydrogens is 254 g/mol. The summed E-state index contributed by atoms with van der Waals surface area (Å²) in [6.45, 7) is 1.06. The summed E-state index contributed by atoms with van der Waals surface area (Å²) < 4.78 is 0.